The minimum Gasteiger partial charge on any atom is -0.439 e. The highest BCUT2D eigenvalue weighted by atomic mass is 16.5. The molecule has 0 fully saturated rings. The summed E-state index contributed by atoms with van der Waals surface area (Å²) in [6.45, 7) is 4.25. The molecule has 5 heteroatoms. The number of carbonyl (C=O) groups excluding carboxylic acids is 1. The van der Waals surface area contributed by atoms with Crippen LogP contribution in [0.25, 0.3) is 0 Å². The maximum absolute atomic E-state index is 11.3. The number of carbonyl (C=O) groups is 1. The molecule has 1 unspecified atom stereocenters. The minimum atomic E-state index is -0.602. The summed E-state index contributed by atoms with van der Waals surface area (Å²) in [5.74, 6) is 0.786. The van der Waals surface area contributed by atoms with Crippen molar-refractivity contribution in [2.24, 2.45) is 5.73 Å². The third-order valence-corrected chi connectivity index (χ3v) is 3.45. The average Bonchev–Trinajstić information content (AvgIpc) is 2.48. The number of nitrogen functional groups attached to an aromatic ring is 1. The molecule has 0 spiro atoms. The highest BCUT2D eigenvalue weighted by molar-refractivity contribution is 5.98. The van der Waals surface area contributed by atoms with Crippen molar-refractivity contribution in [3.05, 3.63) is 47.7 Å². The Kier molecular flexibility index (Phi) is 4.42. The van der Waals surface area contributed by atoms with Gasteiger partial charge >= 0.3 is 0 Å². The lowest BCUT2D eigenvalue weighted by Crippen LogP contribution is -2.14. The maximum Gasteiger partial charge on any atom is 0.251 e. The molecule has 1 atom stereocenters. The fourth-order valence-electron chi connectivity index (χ4n) is 2.03. The first-order valence-electron chi connectivity index (χ1n) is 6.85. The third kappa shape index (κ3) is 3.31. The molecule has 0 radical (unpaired) electrons. The van der Waals surface area contributed by atoms with Gasteiger partial charge in [0.1, 0.15) is 5.75 Å². The Morgan fingerprint density at radius 3 is 2.76 bits per heavy atom. The van der Waals surface area contributed by atoms with Gasteiger partial charge in [-0.05, 0) is 24.0 Å². The zero-order valence-corrected chi connectivity index (χ0v) is 12.2. The predicted octanol–water partition coefficient (Wildman–Crippen LogP) is 3.07. The molecule has 2 rings (SSSR count). The maximum atomic E-state index is 11.3. The summed E-state index contributed by atoms with van der Waals surface area (Å²) < 4.78 is 5.80. The molecule has 2 aromatic rings. The molecule has 1 heterocycles. The largest absolute Gasteiger partial charge is 0.439 e. The molecule has 1 aromatic heterocycles. The molecular weight excluding hydrogens is 266 g/mol. The van der Waals surface area contributed by atoms with Crippen molar-refractivity contribution in [1.82, 2.24) is 4.98 Å². The minimum absolute atomic E-state index is 0.209. The van der Waals surface area contributed by atoms with Gasteiger partial charge in [0.15, 0.2) is 0 Å². The standard InChI is InChI=1S/C16H19N3O2/c1-3-10(2)11-6-4-5-7-14(11)21-15-8-12(16(18)20)13(17)9-19-15/h4-10H,3,17H2,1-2H3,(H2,18,20). The van der Waals surface area contributed by atoms with Crippen LogP contribution in [0.3, 0.4) is 0 Å². The highest BCUT2D eigenvalue weighted by Crippen LogP contribution is 2.31. The lowest BCUT2D eigenvalue weighted by atomic mass is 9.98. The number of amides is 1. The predicted molar refractivity (Wildman–Crippen MR) is 82.4 cm³/mol. The zero-order valence-electron chi connectivity index (χ0n) is 12.2. The molecule has 1 amide bonds. The number of primary amides is 1. The van der Waals surface area contributed by atoms with Crippen LogP contribution in [-0.4, -0.2) is 10.9 Å². The lowest BCUT2D eigenvalue weighted by Gasteiger charge is -2.15. The van der Waals surface area contributed by atoms with Crippen molar-refractivity contribution in [2.75, 3.05) is 5.73 Å². The number of para-hydroxylation sites is 1. The van der Waals surface area contributed by atoms with Gasteiger partial charge in [-0.3, -0.25) is 4.79 Å². The van der Waals surface area contributed by atoms with Gasteiger partial charge in [-0.1, -0.05) is 32.0 Å². The van der Waals surface area contributed by atoms with Gasteiger partial charge in [0.2, 0.25) is 5.88 Å². The van der Waals surface area contributed by atoms with Crippen LogP contribution in [0, 0.1) is 0 Å². The van der Waals surface area contributed by atoms with Gasteiger partial charge in [-0.2, -0.15) is 0 Å². The van der Waals surface area contributed by atoms with Gasteiger partial charge < -0.3 is 16.2 Å². The number of aromatic nitrogens is 1. The molecule has 0 bridgehead atoms. The van der Waals surface area contributed by atoms with E-state index >= 15 is 0 Å². The van der Waals surface area contributed by atoms with E-state index in [0.29, 0.717) is 11.8 Å². The molecular formula is C16H19N3O2. The molecule has 110 valence electrons. The number of ether oxygens (including phenoxy) is 1. The Bertz CT molecular complexity index is 656. The van der Waals surface area contributed by atoms with Crippen molar-refractivity contribution in [2.45, 2.75) is 26.2 Å². The summed E-state index contributed by atoms with van der Waals surface area (Å²) in [5, 5.41) is 0. The molecule has 0 aliphatic heterocycles. The number of nitrogens with two attached hydrogens (primary N) is 2. The SMILES string of the molecule is CCC(C)c1ccccc1Oc1cc(C(N)=O)c(N)cn1. The highest BCUT2D eigenvalue weighted by Gasteiger charge is 2.13. The molecule has 0 saturated heterocycles. The van der Waals surface area contributed by atoms with Crippen LogP contribution in [0.15, 0.2) is 36.5 Å². The van der Waals surface area contributed by atoms with E-state index in [1.54, 1.807) is 0 Å². The van der Waals surface area contributed by atoms with Gasteiger partial charge in [0, 0.05) is 6.07 Å². The van der Waals surface area contributed by atoms with Gasteiger partial charge in [-0.15, -0.1) is 0 Å². The first kappa shape index (κ1) is 14.8. The lowest BCUT2D eigenvalue weighted by molar-refractivity contribution is 0.100. The van der Waals surface area contributed by atoms with E-state index in [2.05, 4.69) is 18.8 Å². The fourth-order valence-corrected chi connectivity index (χ4v) is 2.03. The first-order chi connectivity index (χ1) is 10.0. The van der Waals surface area contributed by atoms with E-state index in [1.165, 1.54) is 12.3 Å². The topological polar surface area (TPSA) is 91.2 Å². The van der Waals surface area contributed by atoms with E-state index in [4.69, 9.17) is 16.2 Å². The number of nitrogens with zero attached hydrogens (tertiary/aromatic N) is 1. The Morgan fingerprint density at radius 2 is 2.10 bits per heavy atom. The van der Waals surface area contributed by atoms with Crippen LogP contribution in [0.2, 0.25) is 0 Å². The zero-order chi connectivity index (χ0) is 15.4. The second-order valence-electron chi connectivity index (χ2n) is 4.92. The Hall–Kier alpha value is -2.56. The Labute approximate surface area is 123 Å². The van der Waals surface area contributed by atoms with Crippen molar-refractivity contribution < 1.29 is 9.53 Å². The number of rotatable bonds is 5. The van der Waals surface area contributed by atoms with E-state index < -0.39 is 5.91 Å². The van der Waals surface area contributed by atoms with Crippen LogP contribution < -0.4 is 16.2 Å². The summed E-state index contributed by atoms with van der Waals surface area (Å²) in [4.78, 5) is 15.4. The Balaban J connectivity index is 2.35. The quantitative estimate of drug-likeness (QED) is 0.883. The molecule has 0 aliphatic rings. The summed E-state index contributed by atoms with van der Waals surface area (Å²) in [5.41, 5.74) is 12.5. The van der Waals surface area contributed by atoms with Crippen molar-refractivity contribution >= 4 is 11.6 Å². The first-order valence-corrected chi connectivity index (χ1v) is 6.85. The molecule has 0 aliphatic carbocycles. The van der Waals surface area contributed by atoms with Crippen LogP contribution in [0.1, 0.15) is 42.1 Å². The number of benzene rings is 1. The van der Waals surface area contributed by atoms with Gasteiger partial charge in [0.25, 0.3) is 5.91 Å². The smallest absolute Gasteiger partial charge is 0.251 e. The average molecular weight is 285 g/mol. The molecule has 4 N–H and O–H groups in total. The second kappa shape index (κ2) is 6.26. The van der Waals surface area contributed by atoms with E-state index in [-0.39, 0.29) is 11.3 Å². The van der Waals surface area contributed by atoms with E-state index in [0.717, 1.165) is 17.7 Å². The number of pyridine rings is 1. The number of hydrogen-bond donors (Lipinski definition) is 2. The van der Waals surface area contributed by atoms with Crippen LogP contribution >= 0.6 is 0 Å². The van der Waals surface area contributed by atoms with Crippen molar-refractivity contribution in [3.8, 4) is 11.6 Å². The van der Waals surface area contributed by atoms with E-state index in [1.807, 2.05) is 24.3 Å². The van der Waals surface area contributed by atoms with E-state index in [9.17, 15) is 4.79 Å². The summed E-state index contributed by atoms with van der Waals surface area (Å²) in [7, 11) is 0. The summed E-state index contributed by atoms with van der Waals surface area (Å²) >= 11 is 0. The number of hydrogen-bond acceptors (Lipinski definition) is 4. The molecule has 5 nitrogen and oxygen atoms in total. The monoisotopic (exact) mass is 285 g/mol. The molecule has 21 heavy (non-hydrogen) atoms. The van der Waals surface area contributed by atoms with Crippen molar-refractivity contribution in [1.29, 1.82) is 0 Å². The normalized spacial score (nSPS) is 11.9. The Morgan fingerprint density at radius 1 is 1.38 bits per heavy atom. The molecule has 1 aromatic carbocycles. The fraction of sp³-hybridized carbons (Fsp3) is 0.250. The third-order valence-electron chi connectivity index (χ3n) is 3.45. The summed E-state index contributed by atoms with van der Waals surface area (Å²) in [6.07, 6.45) is 2.38. The second-order valence-corrected chi connectivity index (χ2v) is 4.92. The van der Waals surface area contributed by atoms with Crippen LogP contribution in [-0.2, 0) is 0 Å². The summed E-state index contributed by atoms with van der Waals surface area (Å²) in [6, 6.07) is 9.23. The van der Waals surface area contributed by atoms with Crippen LogP contribution in [0.5, 0.6) is 11.6 Å². The van der Waals surface area contributed by atoms with Gasteiger partial charge in [-0.25, -0.2) is 4.98 Å². The molecule has 0 saturated carbocycles. The van der Waals surface area contributed by atoms with Gasteiger partial charge in [0.05, 0.1) is 17.4 Å². The van der Waals surface area contributed by atoms with Crippen LogP contribution in [0.4, 0.5) is 5.69 Å². The van der Waals surface area contributed by atoms with Crippen molar-refractivity contribution in [3.63, 3.8) is 0 Å². The number of anilines is 1.